The maximum atomic E-state index is 14.4. The molecule has 70 heavy (non-hydrogen) atoms. The van der Waals surface area contributed by atoms with E-state index in [1.165, 1.54) is 24.3 Å². The van der Waals surface area contributed by atoms with Crippen LogP contribution in [0.3, 0.4) is 0 Å². The van der Waals surface area contributed by atoms with E-state index in [0.29, 0.717) is 24.3 Å². The summed E-state index contributed by atoms with van der Waals surface area (Å²) in [5.41, 5.74) is -6.83. The lowest BCUT2D eigenvalue weighted by Gasteiger charge is -2.22. The van der Waals surface area contributed by atoms with Crippen molar-refractivity contribution in [3.05, 3.63) is 75.8 Å². The summed E-state index contributed by atoms with van der Waals surface area (Å²) < 4.78 is 104. The number of hydrogen-bond acceptors (Lipinski definition) is 13. The van der Waals surface area contributed by atoms with Gasteiger partial charge in [-0.3, -0.25) is 30.5 Å². The zero-order valence-electron chi connectivity index (χ0n) is 39.5. The Morgan fingerprint density at radius 1 is 0.657 bits per heavy atom. The number of anilines is 3. The van der Waals surface area contributed by atoms with E-state index in [1.807, 2.05) is 0 Å². The summed E-state index contributed by atoms with van der Waals surface area (Å²) in [6, 6.07) is 6.76. The lowest BCUT2D eigenvalue weighted by molar-refractivity contribution is -0.385. The van der Waals surface area contributed by atoms with Gasteiger partial charge in [-0.15, -0.1) is 11.8 Å². The Labute approximate surface area is 402 Å². The molecule has 384 valence electrons. The average molecular weight is 1020 g/mol. The predicted molar refractivity (Wildman–Crippen MR) is 247 cm³/mol. The number of thioether (sulfide) groups is 1. The SMILES string of the molecule is CC(C)(C)OC(=O)NCCSc1c(NC(=O)CCCCN=C(NC(=O)OC(C)(C)C)NC(=O)OC(C)(C)C)cc(C(F)(F)F)cc1NC(=O)Nc1ccc(Oc2cc([N+](=O)[O-])cc(C(F)(F)F)c2)cc1. The molecule has 0 radical (unpaired) electrons. The van der Waals surface area contributed by atoms with Crippen LogP contribution in [0.25, 0.3) is 0 Å². The maximum Gasteiger partial charge on any atom is 0.416 e. The summed E-state index contributed by atoms with van der Waals surface area (Å²) in [6.45, 7) is 14.5. The Bertz CT molecular complexity index is 2370. The van der Waals surface area contributed by atoms with Crippen molar-refractivity contribution >= 4 is 70.7 Å². The van der Waals surface area contributed by atoms with Crippen molar-refractivity contribution < 1.29 is 74.2 Å². The summed E-state index contributed by atoms with van der Waals surface area (Å²) >= 11 is 0.871. The van der Waals surface area contributed by atoms with Gasteiger partial charge in [0.2, 0.25) is 11.9 Å². The number of carbonyl (C=O) groups excluding carboxylic acids is 5. The molecule has 0 aliphatic heterocycles. The lowest BCUT2D eigenvalue weighted by atomic mass is 10.1. The van der Waals surface area contributed by atoms with Crippen molar-refractivity contribution in [2.45, 2.75) is 116 Å². The molecule has 0 aromatic heterocycles. The topological polar surface area (TPSA) is 250 Å². The number of halogens is 6. The number of ether oxygens (including phenoxy) is 4. The third-order valence-corrected chi connectivity index (χ3v) is 9.19. The molecule has 0 saturated carbocycles. The molecule has 0 bridgehead atoms. The van der Waals surface area contributed by atoms with E-state index in [-0.39, 0.29) is 66.1 Å². The molecule has 19 nitrogen and oxygen atoms in total. The summed E-state index contributed by atoms with van der Waals surface area (Å²) in [4.78, 5) is 78.1. The maximum absolute atomic E-state index is 14.4. The van der Waals surface area contributed by atoms with Crippen LogP contribution in [0.2, 0.25) is 0 Å². The van der Waals surface area contributed by atoms with Gasteiger partial charge in [-0.2, -0.15) is 26.3 Å². The smallest absolute Gasteiger partial charge is 0.416 e. The van der Waals surface area contributed by atoms with Crippen LogP contribution in [-0.4, -0.2) is 76.7 Å². The second kappa shape index (κ2) is 24.0. The first-order valence-electron chi connectivity index (χ1n) is 21.1. The molecular weight excluding hydrogens is 963 g/mol. The fraction of sp³-hybridized carbons (Fsp3) is 0.455. The van der Waals surface area contributed by atoms with Crippen LogP contribution in [-0.2, 0) is 31.4 Å². The Hall–Kier alpha value is -6.99. The monoisotopic (exact) mass is 1020 g/mol. The van der Waals surface area contributed by atoms with Gasteiger partial charge in [-0.05, 0) is 118 Å². The molecule has 0 spiro atoms. The third-order valence-electron chi connectivity index (χ3n) is 8.05. The van der Waals surface area contributed by atoms with Gasteiger partial charge >= 0.3 is 36.7 Å². The molecule has 0 fully saturated rings. The van der Waals surface area contributed by atoms with Crippen molar-refractivity contribution in [3.63, 3.8) is 0 Å². The predicted octanol–water partition coefficient (Wildman–Crippen LogP) is 11.2. The van der Waals surface area contributed by atoms with Crippen molar-refractivity contribution in [2.24, 2.45) is 4.99 Å². The second-order valence-corrected chi connectivity index (χ2v) is 18.9. The van der Waals surface area contributed by atoms with Gasteiger partial charge in [-0.1, -0.05) is 0 Å². The number of rotatable bonds is 15. The molecule has 0 atom stereocenters. The highest BCUT2D eigenvalue weighted by atomic mass is 32.2. The van der Waals surface area contributed by atoms with Crippen LogP contribution in [0.4, 0.5) is 68.3 Å². The van der Waals surface area contributed by atoms with Crippen LogP contribution in [0.1, 0.15) is 92.7 Å². The quantitative estimate of drug-likeness (QED) is 0.0122. The number of nitrogens with zero attached hydrogens (tertiary/aromatic N) is 2. The van der Waals surface area contributed by atoms with Crippen LogP contribution >= 0.6 is 11.8 Å². The third kappa shape index (κ3) is 21.5. The molecule has 3 aromatic carbocycles. The highest BCUT2D eigenvalue weighted by Gasteiger charge is 2.34. The van der Waals surface area contributed by atoms with Crippen molar-refractivity contribution in [1.82, 2.24) is 16.0 Å². The summed E-state index contributed by atoms with van der Waals surface area (Å²) in [6.07, 6.45) is -12.5. The number of alkyl halides is 6. The Balaban J connectivity index is 1.84. The number of carbonyl (C=O) groups is 5. The minimum absolute atomic E-state index is 0.00469. The number of alkyl carbamates (subject to hydrolysis) is 3. The molecule has 0 saturated heterocycles. The van der Waals surface area contributed by atoms with Gasteiger partial charge in [0.05, 0.1) is 38.4 Å². The van der Waals surface area contributed by atoms with Crippen molar-refractivity contribution in [2.75, 3.05) is 34.8 Å². The second-order valence-electron chi connectivity index (χ2n) is 17.8. The first-order chi connectivity index (χ1) is 32.2. The molecule has 6 amide bonds. The first-order valence-corrected chi connectivity index (χ1v) is 22.1. The highest BCUT2D eigenvalue weighted by molar-refractivity contribution is 7.99. The summed E-state index contributed by atoms with van der Waals surface area (Å²) in [5, 5.41) is 25.6. The number of nitro benzene ring substituents is 1. The largest absolute Gasteiger partial charge is 0.457 e. The van der Waals surface area contributed by atoms with E-state index in [4.69, 9.17) is 18.9 Å². The first kappa shape index (κ1) is 57.3. The fourth-order valence-corrected chi connectivity index (χ4v) is 6.34. The van der Waals surface area contributed by atoms with Crippen molar-refractivity contribution in [1.29, 1.82) is 0 Å². The van der Waals surface area contributed by atoms with Gasteiger partial charge in [0, 0.05) is 37.0 Å². The van der Waals surface area contributed by atoms with E-state index in [0.717, 1.165) is 17.8 Å². The molecule has 0 aliphatic rings. The van der Waals surface area contributed by atoms with E-state index >= 15 is 0 Å². The number of benzene rings is 3. The molecule has 0 heterocycles. The number of guanidine groups is 1. The van der Waals surface area contributed by atoms with Gasteiger partial charge in [0.1, 0.15) is 28.3 Å². The molecule has 0 unspecified atom stereocenters. The number of nitrogens with one attached hydrogen (secondary N) is 6. The van der Waals surface area contributed by atoms with Crippen LogP contribution in [0, 0.1) is 10.1 Å². The van der Waals surface area contributed by atoms with E-state index in [2.05, 4.69) is 36.9 Å². The zero-order chi connectivity index (χ0) is 52.8. The number of urea groups is 1. The molecule has 0 aliphatic carbocycles. The van der Waals surface area contributed by atoms with Gasteiger partial charge in [-0.25, -0.2) is 19.2 Å². The Morgan fingerprint density at radius 3 is 1.69 bits per heavy atom. The average Bonchev–Trinajstić information content (AvgIpc) is 3.17. The Kier molecular flexibility index (Phi) is 19.7. The number of non-ortho nitro benzene ring substituents is 1. The standard InChI is InChI=1S/C44H54F6N8O11S/c1-40(2,3)67-37(61)52-18-19-70-34-31(54-33(59)12-10-11-17-51-35(56-38(62)68-41(4,5)6)57-39(63)69-42(7,8)9)22-26(44(48,49)50)23-32(34)55-36(60)53-27-13-15-29(16-14-27)66-30-21-25(43(45,46)47)20-28(24-30)58(64)65/h13-16,20-24H,10-12,17-19H2,1-9H3,(H,52,61)(H,54,59)(H2,53,55,60)(H2,51,56,57,62,63). The van der Waals surface area contributed by atoms with Gasteiger partial charge in [0.15, 0.2) is 0 Å². The zero-order valence-corrected chi connectivity index (χ0v) is 40.3. The summed E-state index contributed by atoms with van der Waals surface area (Å²) in [5.74, 6) is -1.66. The van der Waals surface area contributed by atoms with Gasteiger partial charge in [0.25, 0.3) is 5.69 Å². The molecular formula is C44H54F6N8O11S. The molecule has 3 aromatic rings. The molecule has 26 heteroatoms. The van der Waals surface area contributed by atoms with E-state index in [9.17, 15) is 60.4 Å². The number of unbranched alkanes of at least 4 members (excludes halogenated alkanes) is 1. The minimum atomic E-state index is -4.99. The fourth-order valence-electron chi connectivity index (χ4n) is 5.40. The highest BCUT2D eigenvalue weighted by Crippen LogP contribution is 2.42. The number of amides is 6. The lowest BCUT2D eigenvalue weighted by Crippen LogP contribution is -2.47. The summed E-state index contributed by atoms with van der Waals surface area (Å²) in [7, 11) is 0. The Morgan fingerprint density at radius 2 is 1.17 bits per heavy atom. The molecule has 6 N–H and O–H groups in total. The number of nitro groups is 1. The van der Waals surface area contributed by atoms with E-state index in [1.54, 1.807) is 62.3 Å². The number of hydrogen-bond donors (Lipinski definition) is 6. The van der Waals surface area contributed by atoms with Gasteiger partial charge < -0.3 is 40.2 Å². The molecule has 3 rings (SSSR count). The minimum Gasteiger partial charge on any atom is -0.457 e. The van der Waals surface area contributed by atoms with Crippen LogP contribution < -0.4 is 36.6 Å². The van der Waals surface area contributed by atoms with Crippen LogP contribution in [0.5, 0.6) is 11.5 Å². The van der Waals surface area contributed by atoms with Crippen LogP contribution in [0.15, 0.2) is 64.5 Å². The number of aliphatic imine (C=N–C) groups is 1. The van der Waals surface area contributed by atoms with E-state index < -0.39 is 92.5 Å². The normalized spacial score (nSPS) is 11.9. The van der Waals surface area contributed by atoms with Crippen molar-refractivity contribution in [3.8, 4) is 11.5 Å².